The standard InChI is InChI=1S/C11H14O5/c1-6-4-7(5-8(6)12)9(10(13)15-2)11(14)16-3/h4,7,9H,5H2,1-3H3. The summed E-state index contributed by atoms with van der Waals surface area (Å²) in [6.45, 7) is 1.66. The topological polar surface area (TPSA) is 69.7 Å². The first-order valence-corrected chi connectivity index (χ1v) is 4.88. The molecule has 0 aromatic rings. The second-order valence-electron chi connectivity index (χ2n) is 3.66. The lowest BCUT2D eigenvalue weighted by Crippen LogP contribution is -2.32. The molecule has 0 spiro atoms. The Kier molecular flexibility index (Phi) is 3.82. The lowest BCUT2D eigenvalue weighted by atomic mass is 9.92. The van der Waals surface area contributed by atoms with E-state index < -0.39 is 23.8 Å². The van der Waals surface area contributed by atoms with Crippen molar-refractivity contribution in [3.05, 3.63) is 11.6 Å². The van der Waals surface area contributed by atoms with E-state index in [-0.39, 0.29) is 12.2 Å². The van der Waals surface area contributed by atoms with E-state index in [2.05, 4.69) is 9.47 Å². The highest BCUT2D eigenvalue weighted by Crippen LogP contribution is 2.29. The number of allylic oxidation sites excluding steroid dienone is 2. The van der Waals surface area contributed by atoms with Gasteiger partial charge in [-0.15, -0.1) is 0 Å². The zero-order chi connectivity index (χ0) is 12.3. The first-order chi connectivity index (χ1) is 7.51. The third-order valence-corrected chi connectivity index (χ3v) is 2.66. The van der Waals surface area contributed by atoms with Gasteiger partial charge >= 0.3 is 11.9 Å². The number of hydrogen-bond acceptors (Lipinski definition) is 5. The van der Waals surface area contributed by atoms with Gasteiger partial charge in [0.1, 0.15) is 0 Å². The minimum absolute atomic E-state index is 0.0530. The largest absolute Gasteiger partial charge is 0.468 e. The molecule has 1 unspecified atom stereocenters. The molecule has 0 saturated carbocycles. The van der Waals surface area contributed by atoms with E-state index in [9.17, 15) is 14.4 Å². The first-order valence-electron chi connectivity index (χ1n) is 4.88. The molecule has 0 amide bonds. The maximum atomic E-state index is 11.4. The van der Waals surface area contributed by atoms with Gasteiger partial charge in [-0.3, -0.25) is 14.4 Å². The number of rotatable bonds is 3. The van der Waals surface area contributed by atoms with Crippen LogP contribution in [0.1, 0.15) is 13.3 Å². The molecule has 0 aromatic heterocycles. The summed E-state index contributed by atoms with van der Waals surface area (Å²) in [5, 5.41) is 0. The normalized spacial score (nSPS) is 19.6. The third-order valence-electron chi connectivity index (χ3n) is 2.66. The smallest absolute Gasteiger partial charge is 0.320 e. The van der Waals surface area contributed by atoms with Crippen molar-refractivity contribution in [2.45, 2.75) is 13.3 Å². The molecule has 1 rings (SSSR count). The zero-order valence-electron chi connectivity index (χ0n) is 9.48. The van der Waals surface area contributed by atoms with Crippen LogP contribution in [0, 0.1) is 11.8 Å². The van der Waals surface area contributed by atoms with Crippen molar-refractivity contribution >= 4 is 17.7 Å². The molecule has 0 saturated heterocycles. The Morgan fingerprint density at radius 3 is 2.12 bits per heavy atom. The molecular weight excluding hydrogens is 212 g/mol. The van der Waals surface area contributed by atoms with Crippen molar-refractivity contribution in [3.8, 4) is 0 Å². The molecule has 0 aromatic carbocycles. The van der Waals surface area contributed by atoms with Crippen molar-refractivity contribution < 1.29 is 23.9 Å². The van der Waals surface area contributed by atoms with Crippen LogP contribution in [0.3, 0.4) is 0 Å². The van der Waals surface area contributed by atoms with Gasteiger partial charge < -0.3 is 9.47 Å². The molecule has 0 bridgehead atoms. The lowest BCUT2D eigenvalue weighted by Gasteiger charge is -2.16. The number of ether oxygens (including phenoxy) is 2. The van der Waals surface area contributed by atoms with Gasteiger partial charge in [-0.05, 0) is 12.5 Å². The number of carbonyl (C=O) groups excluding carboxylic acids is 3. The molecular formula is C11H14O5. The van der Waals surface area contributed by atoms with Gasteiger partial charge in [-0.1, -0.05) is 6.08 Å². The fraction of sp³-hybridized carbons (Fsp3) is 0.545. The van der Waals surface area contributed by atoms with Crippen molar-refractivity contribution in [1.29, 1.82) is 0 Å². The van der Waals surface area contributed by atoms with E-state index in [0.717, 1.165) is 0 Å². The van der Waals surface area contributed by atoms with Gasteiger partial charge in [-0.2, -0.15) is 0 Å². The molecule has 0 fully saturated rings. The van der Waals surface area contributed by atoms with Crippen LogP contribution in [0.2, 0.25) is 0 Å². The van der Waals surface area contributed by atoms with Crippen LogP contribution >= 0.6 is 0 Å². The van der Waals surface area contributed by atoms with Crippen LogP contribution in [-0.4, -0.2) is 31.9 Å². The molecule has 88 valence electrons. The van der Waals surface area contributed by atoms with Gasteiger partial charge in [0, 0.05) is 12.3 Å². The number of ketones is 1. The summed E-state index contributed by atoms with van der Waals surface area (Å²) >= 11 is 0. The number of esters is 2. The van der Waals surface area contributed by atoms with E-state index in [1.807, 2.05) is 0 Å². The molecule has 1 atom stereocenters. The van der Waals surface area contributed by atoms with Crippen LogP contribution in [0.25, 0.3) is 0 Å². The number of methoxy groups -OCH3 is 2. The summed E-state index contributed by atoms with van der Waals surface area (Å²) in [4.78, 5) is 34.2. The monoisotopic (exact) mass is 226 g/mol. The van der Waals surface area contributed by atoms with Crippen molar-refractivity contribution in [3.63, 3.8) is 0 Å². The maximum Gasteiger partial charge on any atom is 0.320 e. The van der Waals surface area contributed by atoms with E-state index in [4.69, 9.17) is 0 Å². The van der Waals surface area contributed by atoms with Gasteiger partial charge in [0.2, 0.25) is 0 Å². The number of Topliss-reactive ketones (excluding diaryl/α,β-unsaturated/α-hetero) is 1. The SMILES string of the molecule is COC(=O)C(C(=O)OC)C1C=C(C)C(=O)C1. The number of carbonyl (C=O) groups is 3. The first kappa shape index (κ1) is 12.4. The average molecular weight is 226 g/mol. The van der Waals surface area contributed by atoms with Gasteiger partial charge in [0.05, 0.1) is 14.2 Å². The second kappa shape index (κ2) is 4.92. The Bertz CT molecular complexity index is 339. The van der Waals surface area contributed by atoms with E-state index in [1.165, 1.54) is 14.2 Å². The highest BCUT2D eigenvalue weighted by molar-refractivity contribution is 6.01. The highest BCUT2D eigenvalue weighted by atomic mass is 16.5. The molecule has 1 aliphatic rings. The molecule has 5 heteroatoms. The molecule has 0 radical (unpaired) electrons. The Labute approximate surface area is 93.4 Å². The summed E-state index contributed by atoms with van der Waals surface area (Å²) in [5.74, 6) is -2.89. The third kappa shape index (κ3) is 2.29. The Morgan fingerprint density at radius 1 is 1.31 bits per heavy atom. The Hall–Kier alpha value is -1.65. The summed E-state index contributed by atoms with van der Waals surface area (Å²) in [6.07, 6.45) is 1.78. The van der Waals surface area contributed by atoms with E-state index >= 15 is 0 Å². The fourth-order valence-corrected chi connectivity index (χ4v) is 1.76. The van der Waals surface area contributed by atoms with Crippen LogP contribution in [0.5, 0.6) is 0 Å². The zero-order valence-corrected chi connectivity index (χ0v) is 9.48. The Morgan fingerprint density at radius 2 is 1.81 bits per heavy atom. The van der Waals surface area contributed by atoms with E-state index in [1.54, 1.807) is 13.0 Å². The lowest BCUT2D eigenvalue weighted by molar-refractivity contribution is -0.160. The van der Waals surface area contributed by atoms with Crippen molar-refractivity contribution in [2.75, 3.05) is 14.2 Å². The van der Waals surface area contributed by atoms with Gasteiger partial charge in [0.15, 0.2) is 11.7 Å². The highest BCUT2D eigenvalue weighted by Gasteiger charge is 2.39. The minimum Gasteiger partial charge on any atom is -0.468 e. The van der Waals surface area contributed by atoms with Gasteiger partial charge in [0.25, 0.3) is 0 Å². The summed E-state index contributed by atoms with van der Waals surface area (Å²) in [7, 11) is 2.40. The molecule has 16 heavy (non-hydrogen) atoms. The van der Waals surface area contributed by atoms with Gasteiger partial charge in [-0.25, -0.2) is 0 Å². The van der Waals surface area contributed by atoms with Crippen molar-refractivity contribution in [1.82, 2.24) is 0 Å². The van der Waals surface area contributed by atoms with E-state index in [0.29, 0.717) is 5.57 Å². The van der Waals surface area contributed by atoms with Crippen LogP contribution < -0.4 is 0 Å². The second-order valence-corrected chi connectivity index (χ2v) is 3.66. The Balaban J connectivity index is 2.91. The number of hydrogen-bond donors (Lipinski definition) is 0. The molecule has 0 N–H and O–H groups in total. The molecule has 0 heterocycles. The average Bonchev–Trinajstić information content (AvgIpc) is 2.58. The molecule has 5 nitrogen and oxygen atoms in total. The summed E-state index contributed by atoms with van der Waals surface area (Å²) in [5.41, 5.74) is 0.572. The van der Waals surface area contributed by atoms with Crippen LogP contribution in [0.15, 0.2) is 11.6 Å². The molecule has 0 aliphatic heterocycles. The summed E-state index contributed by atoms with van der Waals surface area (Å²) in [6, 6.07) is 0. The van der Waals surface area contributed by atoms with Crippen LogP contribution in [-0.2, 0) is 23.9 Å². The van der Waals surface area contributed by atoms with Crippen molar-refractivity contribution in [2.24, 2.45) is 11.8 Å². The maximum absolute atomic E-state index is 11.4. The molecule has 1 aliphatic carbocycles. The fourth-order valence-electron chi connectivity index (χ4n) is 1.76. The predicted molar refractivity (Wildman–Crippen MR) is 54.4 cm³/mol. The predicted octanol–water partition coefficient (Wildman–Crippen LogP) is 0.484. The quantitative estimate of drug-likeness (QED) is 0.517. The summed E-state index contributed by atoms with van der Waals surface area (Å²) < 4.78 is 9.08. The minimum atomic E-state index is -1.05. The van der Waals surface area contributed by atoms with Crippen LogP contribution in [0.4, 0.5) is 0 Å².